The van der Waals surface area contributed by atoms with Gasteiger partial charge in [-0.25, -0.2) is 0 Å². The predicted octanol–water partition coefficient (Wildman–Crippen LogP) is 2.90. The monoisotopic (exact) mass is 384 g/mol. The summed E-state index contributed by atoms with van der Waals surface area (Å²) < 4.78 is 1.12. The first-order valence-electron chi connectivity index (χ1n) is 7.44. The van der Waals surface area contributed by atoms with Crippen LogP contribution in [0.2, 0.25) is 0 Å². The van der Waals surface area contributed by atoms with Crippen LogP contribution in [0.5, 0.6) is 0 Å². The summed E-state index contributed by atoms with van der Waals surface area (Å²) in [6.45, 7) is 4.03. The molecule has 1 amide bonds. The summed E-state index contributed by atoms with van der Waals surface area (Å²) in [7, 11) is 0. The summed E-state index contributed by atoms with van der Waals surface area (Å²) in [6, 6.07) is 7.92. The van der Waals surface area contributed by atoms with Crippen molar-refractivity contribution in [2.45, 2.75) is 25.7 Å². The van der Waals surface area contributed by atoms with Gasteiger partial charge in [0.15, 0.2) is 0 Å². The first-order valence-corrected chi connectivity index (χ1v) is 8.52. The molecule has 1 N–H and O–H groups in total. The second-order valence-corrected chi connectivity index (χ2v) is 7.37. The van der Waals surface area contributed by atoms with Gasteiger partial charge >= 0.3 is 0 Å². The van der Waals surface area contributed by atoms with E-state index in [1.165, 1.54) is 19.3 Å². The second kappa shape index (κ2) is 6.02. The number of benzene rings is 1. The molecule has 0 aliphatic carbocycles. The fourth-order valence-electron chi connectivity index (χ4n) is 3.56. The van der Waals surface area contributed by atoms with E-state index in [1.807, 2.05) is 24.3 Å². The van der Waals surface area contributed by atoms with Crippen molar-refractivity contribution in [1.29, 1.82) is 0 Å². The highest BCUT2D eigenvalue weighted by atomic mass is 127. The number of amides is 1. The number of hydrogen-bond acceptors (Lipinski definition) is 2. The number of likely N-dealkylation sites (tertiary alicyclic amines) is 1. The highest BCUT2D eigenvalue weighted by Gasteiger charge is 2.38. The molecule has 20 heavy (non-hydrogen) atoms. The normalized spacial score (nSPS) is 26.8. The molecule has 2 fully saturated rings. The molecule has 3 rings (SSSR count). The number of halogens is 1. The average Bonchev–Trinajstić information content (AvgIpc) is 2.47. The Morgan fingerprint density at radius 3 is 2.90 bits per heavy atom. The van der Waals surface area contributed by atoms with Crippen LogP contribution in [0.1, 0.15) is 36.0 Å². The number of carbonyl (C=O) groups excluding carboxylic acids is 1. The lowest BCUT2D eigenvalue weighted by Gasteiger charge is -2.45. The second-order valence-electron chi connectivity index (χ2n) is 6.12. The van der Waals surface area contributed by atoms with Crippen LogP contribution < -0.4 is 5.32 Å². The van der Waals surface area contributed by atoms with Gasteiger partial charge in [0.2, 0.25) is 0 Å². The Kier molecular flexibility index (Phi) is 4.31. The summed E-state index contributed by atoms with van der Waals surface area (Å²) in [5.74, 6) is 0.202. The van der Waals surface area contributed by atoms with Crippen LogP contribution in [0.3, 0.4) is 0 Å². The number of hydrogen-bond donors (Lipinski definition) is 1. The van der Waals surface area contributed by atoms with Crippen LogP contribution in [0, 0.1) is 8.99 Å². The molecule has 0 bridgehead atoms. The maximum atomic E-state index is 12.7. The van der Waals surface area contributed by atoms with Crippen molar-refractivity contribution >= 4 is 28.5 Å². The Bertz CT molecular complexity index is 491. The first kappa shape index (κ1) is 14.3. The van der Waals surface area contributed by atoms with Crippen LogP contribution in [-0.4, -0.2) is 37.0 Å². The third kappa shape index (κ3) is 3.01. The minimum Gasteiger partial charge on any atom is -0.338 e. The van der Waals surface area contributed by atoms with E-state index in [9.17, 15) is 4.79 Å². The van der Waals surface area contributed by atoms with E-state index in [0.717, 1.165) is 41.7 Å². The van der Waals surface area contributed by atoms with E-state index < -0.39 is 0 Å². The van der Waals surface area contributed by atoms with Crippen LogP contribution in [0.4, 0.5) is 0 Å². The molecule has 0 saturated carbocycles. The molecule has 0 aromatic heterocycles. The average molecular weight is 384 g/mol. The Morgan fingerprint density at radius 1 is 1.30 bits per heavy atom. The minimum absolute atomic E-state index is 0.202. The van der Waals surface area contributed by atoms with Gasteiger partial charge < -0.3 is 10.2 Å². The van der Waals surface area contributed by atoms with Gasteiger partial charge in [-0.15, -0.1) is 0 Å². The molecule has 2 aliphatic heterocycles. The molecular formula is C16H21IN2O. The predicted molar refractivity (Wildman–Crippen MR) is 88.8 cm³/mol. The number of rotatable bonds is 1. The van der Waals surface area contributed by atoms with Gasteiger partial charge in [-0.05, 0) is 73.0 Å². The summed E-state index contributed by atoms with van der Waals surface area (Å²) in [4.78, 5) is 14.8. The molecule has 2 aliphatic rings. The molecule has 1 aromatic rings. The minimum atomic E-state index is 0.202. The first-order chi connectivity index (χ1) is 9.69. The van der Waals surface area contributed by atoms with Gasteiger partial charge in [0.05, 0.1) is 0 Å². The van der Waals surface area contributed by atoms with Gasteiger partial charge in [-0.2, -0.15) is 0 Å². The lowest BCUT2D eigenvalue weighted by Crippen LogP contribution is -2.52. The van der Waals surface area contributed by atoms with Gasteiger partial charge in [0, 0.05) is 34.2 Å². The summed E-state index contributed by atoms with van der Waals surface area (Å²) in [6.07, 6.45) is 4.90. The van der Waals surface area contributed by atoms with Crippen molar-refractivity contribution in [3.05, 3.63) is 33.4 Å². The van der Waals surface area contributed by atoms with Crippen molar-refractivity contribution < 1.29 is 4.79 Å². The van der Waals surface area contributed by atoms with Gasteiger partial charge in [-0.1, -0.05) is 6.07 Å². The van der Waals surface area contributed by atoms with Crippen molar-refractivity contribution in [2.24, 2.45) is 5.41 Å². The van der Waals surface area contributed by atoms with E-state index in [0.29, 0.717) is 5.41 Å². The molecule has 1 unspecified atom stereocenters. The molecule has 3 nitrogen and oxygen atoms in total. The molecule has 2 heterocycles. The van der Waals surface area contributed by atoms with Crippen molar-refractivity contribution in [1.82, 2.24) is 10.2 Å². The molecule has 0 radical (unpaired) electrons. The van der Waals surface area contributed by atoms with E-state index >= 15 is 0 Å². The molecule has 1 atom stereocenters. The van der Waals surface area contributed by atoms with E-state index in [-0.39, 0.29) is 5.91 Å². The molecular weight excluding hydrogens is 363 g/mol. The maximum Gasteiger partial charge on any atom is 0.253 e. The van der Waals surface area contributed by atoms with Crippen molar-refractivity contribution in [3.8, 4) is 0 Å². The molecule has 2 saturated heterocycles. The third-order valence-corrected chi connectivity index (χ3v) is 5.25. The summed E-state index contributed by atoms with van der Waals surface area (Å²) in [5.41, 5.74) is 1.16. The molecule has 1 spiro atoms. The van der Waals surface area contributed by atoms with Crippen molar-refractivity contribution in [2.75, 3.05) is 26.2 Å². The maximum absolute atomic E-state index is 12.7. The standard InChI is InChI=1S/C16H21IN2O/c17-14-5-1-4-13(10-14)15(20)19-9-3-7-16(12-19)6-2-8-18-11-16/h1,4-5,10,18H,2-3,6-9,11-12H2. The Morgan fingerprint density at radius 2 is 2.15 bits per heavy atom. The highest BCUT2D eigenvalue weighted by molar-refractivity contribution is 14.1. The van der Waals surface area contributed by atoms with Gasteiger partial charge in [-0.3, -0.25) is 4.79 Å². The smallest absolute Gasteiger partial charge is 0.253 e. The highest BCUT2D eigenvalue weighted by Crippen LogP contribution is 2.36. The molecule has 4 heteroatoms. The van der Waals surface area contributed by atoms with E-state index in [1.54, 1.807) is 0 Å². The fraction of sp³-hybridized carbons (Fsp3) is 0.562. The van der Waals surface area contributed by atoms with Crippen LogP contribution in [-0.2, 0) is 0 Å². The summed E-state index contributed by atoms with van der Waals surface area (Å²) in [5, 5.41) is 3.51. The number of carbonyl (C=O) groups is 1. The number of nitrogens with one attached hydrogen (secondary N) is 1. The quantitative estimate of drug-likeness (QED) is 0.756. The Hall–Kier alpha value is -0.620. The zero-order valence-electron chi connectivity index (χ0n) is 11.7. The van der Waals surface area contributed by atoms with Crippen molar-refractivity contribution in [3.63, 3.8) is 0 Å². The Labute approximate surface area is 134 Å². The number of piperidine rings is 2. The van der Waals surface area contributed by atoms with E-state index in [4.69, 9.17) is 0 Å². The summed E-state index contributed by atoms with van der Waals surface area (Å²) >= 11 is 2.27. The largest absolute Gasteiger partial charge is 0.338 e. The third-order valence-electron chi connectivity index (χ3n) is 4.58. The van der Waals surface area contributed by atoms with Gasteiger partial charge in [0.25, 0.3) is 5.91 Å². The SMILES string of the molecule is O=C(c1cccc(I)c1)N1CCCC2(CCCNC2)C1. The van der Waals surface area contributed by atoms with Gasteiger partial charge in [0.1, 0.15) is 0 Å². The molecule has 1 aromatic carbocycles. The van der Waals surface area contributed by atoms with Crippen LogP contribution in [0.15, 0.2) is 24.3 Å². The molecule has 108 valence electrons. The van der Waals surface area contributed by atoms with E-state index in [2.05, 4.69) is 32.8 Å². The Balaban J connectivity index is 1.74. The topological polar surface area (TPSA) is 32.3 Å². The zero-order valence-corrected chi connectivity index (χ0v) is 13.9. The van der Waals surface area contributed by atoms with Crippen LogP contribution in [0.25, 0.3) is 0 Å². The van der Waals surface area contributed by atoms with Crippen LogP contribution >= 0.6 is 22.6 Å². The lowest BCUT2D eigenvalue weighted by molar-refractivity contribution is 0.0434. The fourth-order valence-corrected chi connectivity index (χ4v) is 4.11. The zero-order chi connectivity index (χ0) is 14.0. The number of nitrogens with zero attached hydrogens (tertiary/aromatic N) is 1. The lowest BCUT2D eigenvalue weighted by atomic mass is 9.74.